The molecule has 0 radical (unpaired) electrons. The molecule has 5 heteroatoms. The molecule has 0 aliphatic heterocycles. The first kappa shape index (κ1) is 18.3. The maximum absolute atomic E-state index is 8.74. The second-order valence-electron chi connectivity index (χ2n) is 6.37. The van der Waals surface area contributed by atoms with E-state index < -0.39 is 0 Å². The molecule has 24 heavy (non-hydrogen) atoms. The fourth-order valence-corrected chi connectivity index (χ4v) is 2.71. The van der Waals surface area contributed by atoms with Crippen LogP contribution in [0.4, 0.5) is 0 Å². The Bertz CT molecular complexity index is 708. The monoisotopic (exact) mass is 391 g/mol. The molecule has 2 aromatic rings. The zero-order chi connectivity index (χ0) is 17.6. The molecule has 128 valence electrons. The number of rotatable bonds is 6. The lowest BCUT2D eigenvalue weighted by atomic mass is 9.86. The molecule has 0 aliphatic rings. The van der Waals surface area contributed by atoms with E-state index in [0.717, 1.165) is 10.2 Å². The van der Waals surface area contributed by atoms with E-state index in [1.807, 2.05) is 36.4 Å². The lowest BCUT2D eigenvalue weighted by Crippen LogP contribution is -2.16. The van der Waals surface area contributed by atoms with E-state index in [0.29, 0.717) is 24.5 Å². The van der Waals surface area contributed by atoms with Gasteiger partial charge in [0.15, 0.2) is 0 Å². The number of para-hydroxylation sites is 1. The Morgan fingerprint density at radius 1 is 1.04 bits per heavy atom. The van der Waals surface area contributed by atoms with Crippen molar-refractivity contribution in [1.29, 1.82) is 0 Å². The first-order chi connectivity index (χ1) is 11.4. The molecular weight excluding hydrogens is 370 g/mol. The van der Waals surface area contributed by atoms with Crippen LogP contribution in [0.5, 0.6) is 11.5 Å². The maximum Gasteiger partial charge on any atom is 0.128 e. The molecule has 0 heterocycles. The molecular formula is C19H22BrNO3. The average Bonchev–Trinajstić information content (AvgIpc) is 2.53. The van der Waals surface area contributed by atoms with Crippen molar-refractivity contribution < 1.29 is 14.7 Å². The second kappa shape index (κ2) is 8.20. The van der Waals surface area contributed by atoms with Crippen LogP contribution in [0, 0.1) is 0 Å². The van der Waals surface area contributed by atoms with Crippen molar-refractivity contribution in [2.45, 2.75) is 26.2 Å². The summed E-state index contributed by atoms with van der Waals surface area (Å²) < 4.78 is 12.5. The molecule has 0 fully saturated rings. The van der Waals surface area contributed by atoms with Crippen LogP contribution >= 0.6 is 15.9 Å². The van der Waals surface area contributed by atoms with Gasteiger partial charge in [-0.25, -0.2) is 0 Å². The van der Waals surface area contributed by atoms with Crippen LogP contribution < -0.4 is 9.47 Å². The third-order valence-electron chi connectivity index (χ3n) is 3.46. The predicted octanol–water partition coefficient (Wildman–Crippen LogP) is 5.01. The molecule has 2 rings (SSSR count). The summed E-state index contributed by atoms with van der Waals surface area (Å²) in [4.78, 5) is 0. The second-order valence-corrected chi connectivity index (χ2v) is 7.29. The van der Waals surface area contributed by atoms with Gasteiger partial charge in [-0.1, -0.05) is 60.1 Å². The summed E-state index contributed by atoms with van der Waals surface area (Å²) in [6, 6.07) is 13.6. The first-order valence-corrected chi connectivity index (χ1v) is 8.53. The number of oxime groups is 1. The molecule has 0 atom stereocenters. The molecule has 0 aliphatic carbocycles. The Labute approximate surface area is 151 Å². The smallest absolute Gasteiger partial charge is 0.128 e. The average molecular weight is 392 g/mol. The lowest BCUT2D eigenvalue weighted by Gasteiger charge is -2.22. The van der Waals surface area contributed by atoms with Crippen molar-refractivity contribution in [1.82, 2.24) is 0 Å². The molecule has 2 aromatic carbocycles. The Morgan fingerprint density at radius 3 is 2.38 bits per heavy atom. The van der Waals surface area contributed by atoms with Crippen LogP contribution in [-0.4, -0.2) is 24.6 Å². The topological polar surface area (TPSA) is 51.0 Å². The number of hydrogen-bond acceptors (Lipinski definition) is 4. The first-order valence-electron chi connectivity index (χ1n) is 7.74. The van der Waals surface area contributed by atoms with Crippen LogP contribution in [0.15, 0.2) is 52.1 Å². The minimum atomic E-state index is 0.0217. The number of ether oxygens (including phenoxy) is 2. The number of hydrogen-bond donors (Lipinski definition) is 1. The third-order valence-corrected chi connectivity index (χ3v) is 3.96. The van der Waals surface area contributed by atoms with Gasteiger partial charge in [-0.05, 0) is 35.2 Å². The highest BCUT2D eigenvalue weighted by molar-refractivity contribution is 9.10. The van der Waals surface area contributed by atoms with Gasteiger partial charge in [0.1, 0.15) is 24.7 Å². The van der Waals surface area contributed by atoms with E-state index in [2.05, 4.69) is 47.9 Å². The molecule has 0 bridgehead atoms. The van der Waals surface area contributed by atoms with Crippen molar-refractivity contribution in [3.63, 3.8) is 0 Å². The van der Waals surface area contributed by atoms with E-state index in [1.165, 1.54) is 11.8 Å². The lowest BCUT2D eigenvalue weighted by molar-refractivity contribution is 0.214. The summed E-state index contributed by atoms with van der Waals surface area (Å²) in [6.07, 6.45) is 1.34. The predicted molar refractivity (Wildman–Crippen MR) is 99.7 cm³/mol. The number of benzene rings is 2. The van der Waals surface area contributed by atoms with E-state index in [4.69, 9.17) is 14.7 Å². The Kier molecular flexibility index (Phi) is 6.26. The van der Waals surface area contributed by atoms with Crippen LogP contribution in [-0.2, 0) is 5.41 Å². The van der Waals surface area contributed by atoms with Gasteiger partial charge >= 0.3 is 0 Å². The minimum absolute atomic E-state index is 0.0217. The molecule has 0 saturated heterocycles. The molecule has 0 aromatic heterocycles. The van der Waals surface area contributed by atoms with Crippen LogP contribution in [0.1, 0.15) is 31.9 Å². The van der Waals surface area contributed by atoms with E-state index in [-0.39, 0.29) is 5.41 Å². The summed E-state index contributed by atoms with van der Waals surface area (Å²) in [7, 11) is 0. The highest BCUT2D eigenvalue weighted by Crippen LogP contribution is 2.31. The minimum Gasteiger partial charge on any atom is -0.490 e. The van der Waals surface area contributed by atoms with Crippen molar-refractivity contribution in [3.8, 4) is 11.5 Å². The van der Waals surface area contributed by atoms with Crippen LogP contribution in [0.3, 0.4) is 0 Å². The van der Waals surface area contributed by atoms with E-state index >= 15 is 0 Å². The fraction of sp³-hybridized carbons (Fsp3) is 0.316. The maximum atomic E-state index is 8.74. The summed E-state index contributed by atoms with van der Waals surface area (Å²) in [5.41, 5.74) is 1.89. The van der Waals surface area contributed by atoms with Crippen molar-refractivity contribution in [2.24, 2.45) is 5.16 Å². The molecule has 1 N–H and O–H groups in total. The van der Waals surface area contributed by atoms with Gasteiger partial charge in [0.2, 0.25) is 0 Å². The largest absolute Gasteiger partial charge is 0.490 e. The van der Waals surface area contributed by atoms with E-state index in [1.54, 1.807) is 0 Å². The normalized spacial score (nSPS) is 11.7. The van der Waals surface area contributed by atoms with Gasteiger partial charge in [0, 0.05) is 10.0 Å². The highest BCUT2D eigenvalue weighted by atomic mass is 79.9. The summed E-state index contributed by atoms with van der Waals surface area (Å²) in [5.74, 6) is 1.52. The molecule has 0 saturated carbocycles. The zero-order valence-corrected chi connectivity index (χ0v) is 15.7. The fourth-order valence-electron chi connectivity index (χ4n) is 2.33. The van der Waals surface area contributed by atoms with Crippen LogP contribution in [0.2, 0.25) is 0 Å². The van der Waals surface area contributed by atoms with Gasteiger partial charge in [0.05, 0.1) is 6.21 Å². The van der Waals surface area contributed by atoms with Crippen LogP contribution in [0.25, 0.3) is 0 Å². The Hall–Kier alpha value is -2.01. The van der Waals surface area contributed by atoms with Crippen molar-refractivity contribution in [2.75, 3.05) is 13.2 Å². The molecule has 0 spiro atoms. The third kappa shape index (κ3) is 4.99. The Balaban J connectivity index is 1.97. The van der Waals surface area contributed by atoms with Gasteiger partial charge < -0.3 is 14.7 Å². The quantitative estimate of drug-likeness (QED) is 0.325. The molecule has 0 unspecified atom stereocenters. The molecule has 4 nitrogen and oxygen atoms in total. The Morgan fingerprint density at radius 2 is 1.71 bits per heavy atom. The summed E-state index contributed by atoms with van der Waals surface area (Å²) in [6.45, 7) is 7.31. The number of nitrogens with zero attached hydrogens (tertiary/aromatic N) is 1. The van der Waals surface area contributed by atoms with Gasteiger partial charge in [-0.3, -0.25) is 0 Å². The van der Waals surface area contributed by atoms with Gasteiger partial charge in [-0.15, -0.1) is 0 Å². The highest BCUT2D eigenvalue weighted by Gasteiger charge is 2.18. The zero-order valence-electron chi connectivity index (χ0n) is 14.1. The van der Waals surface area contributed by atoms with Gasteiger partial charge in [-0.2, -0.15) is 0 Å². The number of halogens is 1. The van der Waals surface area contributed by atoms with Gasteiger partial charge in [0.25, 0.3) is 0 Å². The summed E-state index contributed by atoms with van der Waals surface area (Å²) >= 11 is 3.38. The SMILES string of the molecule is CC(C)(C)c1ccccc1OCCOc1ccc(Br)cc1C=NO. The van der Waals surface area contributed by atoms with Crippen molar-refractivity contribution >= 4 is 22.1 Å². The summed E-state index contributed by atoms with van der Waals surface area (Å²) in [5, 5.41) is 11.8. The van der Waals surface area contributed by atoms with E-state index in [9.17, 15) is 0 Å². The standard InChI is InChI=1S/C19H22BrNO3/c1-19(2,3)16-6-4-5-7-18(16)24-11-10-23-17-9-8-15(20)12-14(17)13-21-22/h4-9,12-13,22H,10-11H2,1-3H3. The molecule has 0 amide bonds. The van der Waals surface area contributed by atoms with Crippen molar-refractivity contribution in [3.05, 3.63) is 58.1 Å².